The van der Waals surface area contributed by atoms with Gasteiger partial charge in [0.1, 0.15) is 11.2 Å². The Balaban J connectivity index is 1.61. The number of rotatable bonds is 4. The number of para-hydroxylation sites is 1. The van der Waals surface area contributed by atoms with Gasteiger partial charge >= 0.3 is 0 Å². The highest BCUT2D eigenvalue weighted by molar-refractivity contribution is 6.15. The van der Waals surface area contributed by atoms with Crippen molar-refractivity contribution in [3.63, 3.8) is 0 Å². The van der Waals surface area contributed by atoms with E-state index in [0.717, 1.165) is 21.9 Å². The molecule has 7 aromatic rings. The molecule has 0 saturated heterocycles. The van der Waals surface area contributed by atoms with E-state index < -0.39 is 0 Å². The smallest absolute Gasteiger partial charge is 0.136 e. The molecule has 0 amide bonds. The first-order valence-electron chi connectivity index (χ1n) is 12.6. The number of fused-ring (bicyclic) bond motifs is 3. The van der Waals surface area contributed by atoms with Gasteiger partial charge in [-0.05, 0) is 56.6 Å². The van der Waals surface area contributed by atoms with Crippen LogP contribution in [0.3, 0.4) is 0 Å². The molecule has 0 fully saturated rings. The topological polar surface area (TPSA) is 13.1 Å². The maximum atomic E-state index is 6.30. The molecule has 0 radical (unpaired) electrons. The molecule has 0 N–H and O–H groups in total. The Morgan fingerprint density at radius 1 is 0.324 bits per heavy atom. The van der Waals surface area contributed by atoms with Crippen molar-refractivity contribution in [2.75, 3.05) is 0 Å². The van der Waals surface area contributed by atoms with Crippen LogP contribution in [-0.2, 0) is 0 Å². The van der Waals surface area contributed by atoms with Gasteiger partial charge in [-0.1, -0.05) is 133 Å². The number of benzene rings is 6. The molecule has 37 heavy (non-hydrogen) atoms. The highest BCUT2D eigenvalue weighted by Crippen LogP contribution is 2.46. The molecule has 1 heterocycles. The Kier molecular flexibility index (Phi) is 5.19. The van der Waals surface area contributed by atoms with Gasteiger partial charge in [-0.3, -0.25) is 0 Å². The second-order valence-electron chi connectivity index (χ2n) is 9.28. The first-order valence-corrected chi connectivity index (χ1v) is 12.6. The van der Waals surface area contributed by atoms with E-state index in [-0.39, 0.29) is 0 Å². The van der Waals surface area contributed by atoms with Crippen LogP contribution in [0.5, 0.6) is 0 Å². The van der Waals surface area contributed by atoms with Crippen molar-refractivity contribution in [3.05, 3.63) is 146 Å². The molecule has 1 aromatic heterocycles. The molecular formula is C36H24O. The van der Waals surface area contributed by atoms with Crippen molar-refractivity contribution in [3.8, 4) is 44.5 Å². The second-order valence-corrected chi connectivity index (χ2v) is 9.28. The zero-order valence-corrected chi connectivity index (χ0v) is 20.3. The third-order valence-corrected chi connectivity index (χ3v) is 7.12. The van der Waals surface area contributed by atoms with E-state index in [1.165, 1.54) is 44.5 Å². The highest BCUT2D eigenvalue weighted by atomic mass is 16.3. The van der Waals surface area contributed by atoms with Crippen LogP contribution in [0.2, 0.25) is 0 Å². The monoisotopic (exact) mass is 472 g/mol. The van der Waals surface area contributed by atoms with Gasteiger partial charge in [0, 0.05) is 10.8 Å². The van der Waals surface area contributed by atoms with Crippen LogP contribution in [-0.4, -0.2) is 0 Å². The normalized spacial score (nSPS) is 11.2. The van der Waals surface area contributed by atoms with E-state index >= 15 is 0 Å². The van der Waals surface area contributed by atoms with Crippen molar-refractivity contribution >= 4 is 21.9 Å². The van der Waals surface area contributed by atoms with Gasteiger partial charge < -0.3 is 4.42 Å². The molecule has 0 bridgehead atoms. The molecule has 0 atom stereocenters. The predicted molar refractivity (Wildman–Crippen MR) is 155 cm³/mol. The summed E-state index contributed by atoms with van der Waals surface area (Å²) in [5.74, 6) is 0. The van der Waals surface area contributed by atoms with Gasteiger partial charge in [0.05, 0.1) is 0 Å². The second kappa shape index (κ2) is 8.96. The third kappa shape index (κ3) is 3.64. The summed E-state index contributed by atoms with van der Waals surface area (Å²) in [4.78, 5) is 0. The fourth-order valence-electron chi connectivity index (χ4n) is 5.50. The van der Waals surface area contributed by atoms with E-state index in [2.05, 4.69) is 133 Å². The molecular weight excluding hydrogens is 448 g/mol. The Hall–Kier alpha value is -4.88. The summed E-state index contributed by atoms with van der Waals surface area (Å²) in [6, 6.07) is 51.4. The summed E-state index contributed by atoms with van der Waals surface area (Å²) in [5, 5.41) is 2.29. The lowest BCUT2D eigenvalue weighted by Gasteiger charge is -2.19. The molecule has 6 aromatic carbocycles. The van der Waals surface area contributed by atoms with Crippen LogP contribution < -0.4 is 0 Å². The molecule has 0 spiro atoms. The summed E-state index contributed by atoms with van der Waals surface area (Å²) in [6.07, 6.45) is 0. The fraction of sp³-hybridized carbons (Fsp3) is 0. The van der Waals surface area contributed by atoms with Crippen molar-refractivity contribution < 1.29 is 4.42 Å². The minimum absolute atomic E-state index is 0.906. The number of hydrogen-bond donors (Lipinski definition) is 0. The lowest BCUT2D eigenvalue weighted by molar-refractivity contribution is 0.669. The molecule has 1 nitrogen and oxygen atoms in total. The summed E-state index contributed by atoms with van der Waals surface area (Å²) < 4.78 is 6.30. The van der Waals surface area contributed by atoms with Crippen LogP contribution in [0.4, 0.5) is 0 Å². The molecule has 0 unspecified atom stereocenters. The predicted octanol–water partition coefficient (Wildman–Crippen LogP) is 10.3. The average Bonchev–Trinajstić information content (AvgIpc) is 3.37. The van der Waals surface area contributed by atoms with Crippen molar-refractivity contribution in [1.82, 2.24) is 0 Å². The van der Waals surface area contributed by atoms with Crippen LogP contribution in [0.1, 0.15) is 0 Å². The Labute approximate surface area is 216 Å². The zero-order valence-electron chi connectivity index (χ0n) is 20.3. The van der Waals surface area contributed by atoms with Gasteiger partial charge in [0.2, 0.25) is 0 Å². The van der Waals surface area contributed by atoms with E-state index in [1.807, 2.05) is 12.1 Å². The van der Waals surface area contributed by atoms with Gasteiger partial charge in [0.15, 0.2) is 0 Å². The van der Waals surface area contributed by atoms with Crippen LogP contribution in [0.15, 0.2) is 150 Å². The first kappa shape index (κ1) is 21.4. The van der Waals surface area contributed by atoms with Crippen LogP contribution in [0, 0.1) is 0 Å². The average molecular weight is 473 g/mol. The molecule has 0 aliphatic rings. The number of hydrogen-bond acceptors (Lipinski definition) is 1. The van der Waals surface area contributed by atoms with E-state index in [9.17, 15) is 0 Å². The summed E-state index contributed by atoms with van der Waals surface area (Å²) in [7, 11) is 0. The maximum Gasteiger partial charge on any atom is 0.136 e. The van der Waals surface area contributed by atoms with E-state index in [1.54, 1.807) is 0 Å². The lowest BCUT2D eigenvalue weighted by Crippen LogP contribution is -1.93. The van der Waals surface area contributed by atoms with Gasteiger partial charge in [0.25, 0.3) is 0 Å². The SMILES string of the molecule is c1ccc(-c2ccccc2-c2cccc(-c3ccccc3)c2-c2cccc3oc4ccccc4c23)cc1. The van der Waals surface area contributed by atoms with Gasteiger partial charge in [-0.15, -0.1) is 0 Å². The molecule has 7 rings (SSSR count). The Morgan fingerprint density at radius 2 is 0.838 bits per heavy atom. The largest absolute Gasteiger partial charge is 0.456 e. The summed E-state index contributed by atoms with van der Waals surface area (Å²) in [5.41, 5.74) is 11.5. The van der Waals surface area contributed by atoms with Crippen molar-refractivity contribution in [2.24, 2.45) is 0 Å². The molecule has 0 saturated carbocycles. The Morgan fingerprint density at radius 3 is 1.62 bits per heavy atom. The summed E-state index contributed by atoms with van der Waals surface area (Å²) >= 11 is 0. The minimum Gasteiger partial charge on any atom is -0.456 e. The van der Waals surface area contributed by atoms with Crippen LogP contribution in [0.25, 0.3) is 66.4 Å². The zero-order chi connectivity index (χ0) is 24.6. The van der Waals surface area contributed by atoms with Crippen molar-refractivity contribution in [2.45, 2.75) is 0 Å². The quantitative estimate of drug-likeness (QED) is 0.248. The maximum absolute atomic E-state index is 6.30. The minimum atomic E-state index is 0.906. The van der Waals surface area contributed by atoms with Gasteiger partial charge in [-0.2, -0.15) is 0 Å². The van der Waals surface area contributed by atoms with Crippen LogP contribution >= 0.6 is 0 Å². The van der Waals surface area contributed by atoms with E-state index in [4.69, 9.17) is 4.42 Å². The molecule has 0 aliphatic carbocycles. The fourth-order valence-corrected chi connectivity index (χ4v) is 5.50. The number of furan rings is 1. The Bertz CT molecular complexity index is 1860. The lowest BCUT2D eigenvalue weighted by atomic mass is 9.84. The summed E-state index contributed by atoms with van der Waals surface area (Å²) in [6.45, 7) is 0. The van der Waals surface area contributed by atoms with Gasteiger partial charge in [-0.25, -0.2) is 0 Å². The highest BCUT2D eigenvalue weighted by Gasteiger charge is 2.20. The van der Waals surface area contributed by atoms with E-state index in [0.29, 0.717) is 0 Å². The third-order valence-electron chi connectivity index (χ3n) is 7.12. The molecule has 0 aliphatic heterocycles. The standard InChI is InChI=1S/C36H24O/c1-3-13-25(14-4-1)27-17-7-8-18-29(27)30-21-11-20-28(26-15-5-2-6-16-26)35(30)32-22-12-24-34-36(32)31-19-9-10-23-33(31)37-34/h1-24H. The molecule has 1 heteroatoms. The van der Waals surface area contributed by atoms with Crippen molar-refractivity contribution in [1.29, 1.82) is 0 Å². The first-order chi connectivity index (χ1) is 18.4. The molecule has 174 valence electrons.